The van der Waals surface area contributed by atoms with Gasteiger partial charge >= 0.3 is 18.4 Å². The second-order valence-corrected chi connectivity index (χ2v) is 17.1. The average molecular weight is 758 g/mol. The van der Waals surface area contributed by atoms with Gasteiger partial charge < -0.3 is 40.6 Å². The van der Waals surface area contributed by atoms with Crippen LogP contribution >= 0.6 is 48.7 Å². The maximum absolute atomic E-state index is 13.4. The SMILES string of the molecule is Nc1ncnc2c1ncn2[C@@H]1O[C@@H]2COP(O)(=S)O[C@@H]3[C@H](O)[C@@H](COP(=O)(S)O[C@H]2[C@H]1O)O[C@H]3n1c(=O)sc2c(N)nc(Cl)nc21. The normalized spacial score (nSPS) is 37.2. The molecule has 4 aromatic rings. The first-order valence-corrected chi connectivity index (χ1v) is 19.5. The summed E-state index contributed by atoms with van der Waals surface area (Å²) in [5.74, 6) is 0.00250. The quantitative estimate of drug-likeness (QED) is 0.0898. The highest BCUT2D eigenvalue weighted by atomic mass is 35.5. The molecule has 4 aromatic heterocycles. The van der Waals surface area contributed by atoms with E-state index in [9.17, 15) is 24.5 Å². The molecule has 3 aliphatic rings. The van der Waals surface area contributed by atoms with E-state index in [1.165, 1.54) is 17.2 Å². The number of fused-ring (bicyclic) bond motifs is 5. The van der Waals surface area contributed by atoms with E-state index >= 15 is 0 Å². The summed E-state index contributed by atoms with van der Waals surface area (Å²) in [5.41, 5.74) is 12.2. The number of nitrogen functional groups attached to an aromatic ring is 2. The number of imidazole rings is 1. The zero-order valence-corrected chi connectivity index (χ0v) is 27.7. The number of nitrogens with two attached hydrogens (primary N) is 2. The molecule has 0 saturated carbocycles. The molecule has 0 spiro atoms. The molecular weight excluding hydrogens is 736 g/mol. The van der Waals surface area contributed by atoms with Crippen molar-refractivity contribution in [3.63, 3.8) is 0 Å². The average Bonchev–Trinajstić information content (AvgIpc) is 3.71. The van der Waals surface area contributed by atoms with Crippen LogP contribution in [0.5, 0.6) is 0 Å². The van der Waals surface area contributed by atoms with Gasteiger partial charge in [0.15, 0.2) is 29.6 Å². The number of nitrogens with zero attached hydrogens (tertiary/aromatic N) is 7. The van der Waals surface area contributed by atoms with Gasteiger partial charge in [0.05, 0.1) is 19.5 Å². The Morgan fingerprint density at radius 1 is 1.00 bits per heavy atom. The molecule has 7 heterocycles. The number of anilines is 2. The van der Waals surface area contributed by atoms with Gasteiger partial charge in [0.2, 0.25) is 5.28 Å². The molecule has 3 fully saturated rings. The third-order valence-electron chi connectivity index (χ3n) is 7.31. The minimum absolute atomic E-state index is 0.0439. The van der Waals surface area contributed by atoms with Crippen LogP contribution in [0.3, 0.4) is 0 Å². The van der Waals surface area contributed by atoms with Crippen molar-refractivity contribution in [2.75, 3.05) is 24.7 Å². The molecular formula is C20H22ClN9O11P2S3. The number of halogens is 1. The van der Waals surface area contributed by atoms with Crippen molar-refractivity contribution in [3.8, 4) is 0 Å². The summed E-state index contributed by atoms with van der Waals surface area (Å²) in [5, 5.41) is 22.2. The highest BCUT2D eigenvalue weighted by Gasteiger charge is 2.53. The van der Waals surface area contributed by atoms with E-state index in [1.807, 2.05) is 0 Å². The molecule has 0 radical (unpaired) electrons. The minimum Gasteiger partial charge on any atom is -0.387 e. The molecule has 10 atom stereocenters. The molecule has 248 valence electrons. The summed E-state index contributed by atoms with van der Waals surface area (Å²) in [6, 6.07) is 0. The number of thiazole rings is 1. The smallest absolute Gasteiger partial charge is 0.386 e. The minimum atomic E-state index is -4.36. The van der Waals surface area contributed by atoms with Gasteiger partial charge in [-0.2, -0.15) is 9.97 Å². The fraction of sp³-hybridized carbons (Fsp3) is 0.500. The molecule has 46 heavy (non-hydrogen) atoms. The lowest BCUT2D eigenvalue weighted by Gasteiger charge is -2.27. The van der Waals surface area contributed by atoms with Gasteiger partial charge in [-0.25, -0.2) is 19.5 Å². The van der Waals surface area contributed by atoms with Gasteiger partial charge in [-0.1, -0.05) is 23.6 Å². The number of aliphatic hydroxyl groups excluding tert-OH is 2. The first-order chi connectivity index (χ1) is 21.7. The maximum Gasteiger partial charge on any atom is 0.386 e. The van der Waals surface area contributed by atoms with E-state index in [4.69, 9.17) is 62.4 Å². The van der Waals surface area contributed by atoms with Gasteiger partial charge in [-0.3, -0.25) is 27.5 Å². The standard InChI is InChI=1S/C20H22ClN9O11P2S3/c21-19-27-14(23)12-16(28-19)30(20(33)46-12)18-11-8(31)5(38-18)1-36-42(34,44)40-10-6(2-37-43(35,45)41-11)39-17(9(10)32)29-4-26-7-13(22)24-3-25-15(7)29/h3-6,8-11,17-18,31-32H,1-2H2,(H,34,44)(H,35,45)(H2,22,24,25)(H2,23,27,28)/t5-,6-,8-,9-,10-,11-,17-,18-,42?,43?/m1/s1. The van der Waals surface area contributed by atoms with E-state index in [2.05, 4.69) is 37.2 Å². The van der Waals surface area contributed by atoms with Crippen LogP contribution in [0, 0.1) is 0 Å². The Balaban J connectivity index is 1.22. The van der Waals surface area contributed by atoms with E-state index in [0.29, 0.717) is 11.3 Å². The predicted octanol–water partition coefficient (Wildman–Crippen LogP) is 0.0992. The van der Waals surface area contributed by atoms with Gasteiger partial charge in [0, 0.05) is 0 Å². The topological polar surface area (TPSA) is 277 Å². The molecule has 3 saturated heterocycles. The van der Waals surface area contributed by atoms with Crippen LogP contribution in [0.25, 0.3) is 21.5 Å². The summed E-state index contributed by atoms with van der Waals surface area (Å²) in [7, 11) is 0. The molecule has 3 aliphatic heterocycles. The van der Waals surface area contributed by atoms with Gasteiger partial charge in [0.25, 0.3) is 0 Å². The van der Waals surface area contributed by atoms with E-state index < -0.39 is 80.7 Å². The van der Waals surface area contributed by atoms with Crippen molar-refractivity contribution in [1.29, 1.82) is 0 Å². The fourth-order valence-corrected chi connectivity index (χ4v) is 9.21. The Kier molecular flexibility index (Phi) is 8.44. The van der Waals surface area contributed by atoms with Crippen LogP contribution in [-0.4, -0.2) is 99.0 Å². The molecule has 7 N–H and O–H groups in total. The lowest BCUT2D eigenvalue weighted by Crippen LogP contribution is -2.36. The van der Waals surface area contributed by atoms with Crippen LogP contribution < -0.4 is 16.3 Å². The van der Waals surface area contributed by atoms with E-state index in [0.717, 1.165) is 4.57 Å². The molecule has 2 unspecified atom stereocenters. The van der Waals surface area contributed by atoms with Crippen molar-refractivity contribution in [2.24, 2.45) is 0 Å². The Hall–Kier alpha value is -1.92. The van der Waals surface area contributed by atoms with Crippen molar-refractivity contribution >= 4 is 93.7 Å². The second kappa shape index (κ2) is 11.9. The first kappa shape index (κ1) is 32.6. The Bertz CT molecular complexity index is 2000. The largest absolute Gasteiger partial charge is 0.387 e. The van der Waals surface area contributed by atoms with Crippen molar-refractivity contribution < 1.29 is 47.2 Å². The van der Waals surface area contributed by atoms with Crippen LogP contribution in [0.2, 0.25) is 5.28 Å². The Morgan fingerprint density at radius 2 is 1.74 bits per heavy atom. The summed E-state index contributed by atoms with van der Waals surface area (Å²) in [4.78, 5) is 43.7. The van der Waals surface area contributed by atoms with E-state index in [1.54, 1.807) is 0 Å². The number of aromatic nitrogens is 7. The summed E-state index contributed by atoms with van der Waals surface area (Å²) in [6.45, 7) is -9.86. The molecule has 0 amide bonds. The lowest BCUT2D eigenvalue weighted by molar-refractivity contribution is -0.0598. The molecule has 7 rings (SSSR count). The molecule has 0 aromatic carbocycles. The number of hydrogen-bond donors (Lipinski definition) is 6. The van der Waals surface area contributed by atoms with Crippen LogP contribution in [0.1, 0.15) is 12.5 Å². The number of hydrogen-bond acceptors (Lipinski definition) is 19. The number of ether oxygens (including phenoxy) is 2. The summed E-state index contributed by atoms with van der Waals surface area (Å²) >= 11 is 16.0. The van der Waals surface area contributed by atoms with Crippen molar-refractivity contribution in [2.45, 2.75) is 49.1 Å². The van der Waals surface area contributed by atoms with Gasteiger partial charge in [-0.05, 0) is 23.4 Å². The Morgan fingerprint density at radius 3 is 2.52 bits per heavy atom. The molecule has 0 aliphatic carbocycles. The number of thiol groups is 1. The zero-order valence-electron chi connectivity index (χ0n) is 22.6. The lowest BCUT2D eigenvalue weighted by atomic mass is 10.1. The van der Waals surface area contributed by atoms with Crippen LogP contribution in [0.4, 0.5) is 11.6 Å². The van der Waals surface area contributed by atoms with Gasteiger partial charge in [0.1, 0.15) is 59.0 Å². The highest BCUT2D eigenvalue weighted by molar-refractivity contribution is 8.44. The Labute approximate surface area is 275 Å². The maximum atomic E-state index is 13.4. The monoisotopic (exact) mass is 757 g/mol. The third-order valence-corrected chi connectivity index (χ3v) is 11.6. The number of rotatable bonds is 2. The summed E-state index contributed by atoms with van der Waals surface area (Å²) in [6.07, 6.45) is -8.98. The fourth-order valence-electron chi connectivity index (χ4n) is 5.29. The molecule has 2 bridgehead atoms. The van der Waals surface area contributed by atoms with Crippen molar-refractivity contribution in [3.05, 3.63) is 27.6 Å². The number of aliphatic hydroxyl groups is 2. The van der Waals surface area contributed by atoms with E-state index in [-0.39, 0.29) is 38.4 Å². The van der Waals surface area contributed by atoms with Crippen LogP contribution in [-0.2, 0) is 43.9 Å². The zero-order chi connectivity index (χ0) is 32.7. The van der Waals surface area contributed by atoms with Crippen molar-refractivity contribution in [1.82, 2.24) is 34.1 Å². The van der Waals surface area contributed by atoms with Gasteiger partial charge in [-0.15, -0.1) is 0 Å². The molecule has 20 nitrogen and oxygen atoms in total. The summed E-state index contributed by atoms with van der Waals surface area (Å²) < 4.78 is 50.3. The second-order valence-electron chi connectivity index (χ2n) is 10.1. The third kappa shape index (κ3) is 5.76. The molecule has 26 heteroatoms. The highest BCUT2D eigenvalue weighted by Crippen LogP contribution is 2.58. The first-order valence-electron chi connectivity index (χ1n) is 13.0. The predicted molar refractivity (Wildman–Crippen MR) is 165 cm³/mol. The van der Waals surface area contributed by atoms with Crippen LogP contribution in [0.15, 0.2) is 17.4 Å².